The third-order valence-corrected chi connectivity index (χ3v) is 7.63. The molecule has 0 amide bonds. The molecular formula is C22H33BO7Si. The van der Waals surface area contributed by atoms with Crippen LogP contribution in [0.25, 0.3) is 0 Å². The van der Waals surface area contributed by atoms with Gasteiger partial charge in [0.1, 0.15) is 13.8 Å². The molecule has 0 saturated carbocycles. The summed E-state index contributed by atoms with van der Waals surface area (Å²) in [6.07, 6.45) is -0.537. The van der Waals surface area contributed by atoms with Crippen LogP contribution in [0.5, 0.6) is 5.75 Å². The Morgan fingerprint density at radius 2 is 1.48 bits per heavy atom. The van der Waals surface area contributed by atoms with Crippen molar-refractivity contribution in [2.75, 3.05) is 7.11 Å². The lowest BCUT2D eigenvalue weighted by molar-refractivity contribution is -0.167. The summed E-state index contributed by atoms with van der Waals surface area (Å²) in [5.74, 6) is -0.427. The summed E-state index contributed by atoms with van der Waals surface area (Å²) in [5.41, 5.74) is 2.18. The Hall–Kier alpha value is -2.10. The second-order valence-electron chi connectivity index (χ2n) is 8.60. The molecule has 7 nitrogen and oxygen atoms in total. The molecule has 0 bridgehead atoms. The van der Waals surface area contributed by atoms with Crippen molar-refractivity contribution in [2.45, 2.75) is 71.5 Å². The summed E-state index contributed by atoms with van der Waals surface area (Å²) < 4.78 is 27.2. The van der Waals surface area contributed by atoms with E-state index in [1.807, 2.05) is 18.2 Å². The first-order chi connectivity index (χ1) is 14.5. The minimum Gasteiger partial charge on any atom is -0.497 e. The van der Waals surface area contributed by atoms with Crippen LogP contribution < -0.4 is 9.92 Å². The standard InChI is InChI=1S/C22H33BO7Si/c1-15(2)27-21(24)19-20(22(25)28-16(3)4)30-23(29-19)13-8-14-31(6,7)18-11-9-17(26-5)10-12-18/h8-12,14-16,19-20H,13H2,1-7H3/b14-8+/t19-,20-/m1/s1. The average Bonchev–Trinajstić information content (AvgIpc) is 3.11. The van der Waals surface area contributed by atoms with Gasteiger partial charge in [0.05, 0.1) is 19.3 Å². The number of esters is 2. The van der Waals surface area contributed by atoms with Gasteiger partial charge in [-0.1, -0.05) is 42.2 Å². The molecule has 0 spiro atoms. The Kier molecular flexibility index (Phi) is 8.91. The molecule has 170 valence electrons. The number of methoxy groups -OCH3 is 1. The highest BCUT2D eigenvalue weighted by Gasteiger charge is 2.49. The van der Waals surface area contributed by atoms with E-state index < -0.39 is 39.3 Å². The zero-order chi connectivity index (χ0) is 23.2. The molecule has 1 fully saturated rings. The van der Waals surface area contributed by atoms with E-state index in [1.165, 1.54) is 5.19 Å². The quantitative estimate of drug-likeness (QED) is 0.425. The Balaban J connectivity index is 2.06. The molecule has 0 aliphatic carbocycles. The van der Waals surface area contributed by atoms with Crippen LogP contribution in [0.1, 0.15) is 27.7 Å². The number of allylic oxidation sites excluding steroid dienone is 1. The van der Waals surface area contributed by atoms with E-state index in [9.17, 15) is 9.59 Å². The Labute approximate surface area is 186 Å². The van der Waals surface area contributed by atoms with E-state index in [2.05, 4.69) is 30.9 Å². The van der Waals surface area contributed by atoms with Crippen LogP contribution in [-0.4, -0.2) is 58.7 Å². The number of hydrogen-bond acceptors (Lipinski definition) is 7. The van der Waals surface area contributed by atoms with Crippen LogP contribution in [0.15, 0.2) is 36.0 Å². The normalized spacial score (nSPS) is 19.3. The van der Waals surface area contributed by atoms with Crippen LogP contribution in [0.2, 0.25) is 19.4 Å². The minimum absolute atomic E-state index is 0.326. The molecule has 0 aromatic heterocycles. The minimum atomic E-state index is -1.84. The van der Waals surface area contributed by atoms with Crippen molar-refractivity contribution >= 4 is 32.3 Å². The molecule has 1 aromatic carbocycles. The Morgan fingerprint density at radius 3 is 1.90 bits per heavy atom. The predicted octanol–water partition coefficient (Wildman–Crippen LogP) is 2.88. The second kappa shape index (κ2) is 11.0. The molecule has 1 saturated heterocycles. The monoisotopic (exact) mass is 448 g/mol. The van der Waals surface area contributed by atoms with E-state index in [1.54, 1.807) is 34.8 Å². The molecule has 9 heteroatoms. The van der Waals surface area contributed by atoms with Gasteiger partial charge >= 0.3 is 19.1 Å². The number of rotatable bonds is 9. The summed E-state index contributed by atoms with van der Waals surface area (Å²) in [4.78, 5) is 24.8. The fourth-order valence-corrected chi connectivity index (χ4v) is 5.10. The zero-order valence-corrected chi connectivity index (χ0v) is 20.4. The van der Waals surface area contributed by atoms with Crippen molar-refractivity contribution in [3.63, 3.8) is 0 Å². The van der Waals surface area contributed by atoms with E-state index >= 15 is 0 Å². The lowest BCUT2D eigenvalue weighted by Crippen LogP contribution is -2.40. The maximum absolute atomic E-state index is 12.4. The smallest absolute Gasteiger partial charge is 0.462 e. The number of benzene rings is 1. The third-order valence-electron chi connectivity index (χ3n) is 4.74. The summed E-state index contributed by atoms with van der Waals surface area (Å²) in [7, 11) is -0.923. The third kappa shape index (κ3) is 7.22. The van der Waals surface area contributed by atoms with Gasteiger partial charge in [-0.3, -0.25) is 0 Å². The predicted molar refractivity (Wildman–Crippen MR) is 122 cm³/mol. The van der Waals surface area contributed by atoms with Crippen molar-refractivity contribution in [1.29, 1.82) is 0 Å². The number of carbonyl (C=O) groups is 2. The van der Waals surface area contributed by atoms with Gasteiger partial charge in [0.15, 0.2) is 12.2 Å². The van der Waals surface area contributed by atoms with Crippen LogP contribution in [-0.2, 0) is 28.4 Å². The van der Waals surface area contributed by atoms with Gasteiger partial charge in [-0.25, -0.2) is 9.59 Å². The van der Waals surface area contributed by atoms with Crippen molar-refractivity contribution in [2.24, 2.45) is 0 Å². The molecule has 1 aliphatic heterocycles. The first-order valence-electron chi connectivity index (χ1n) is 10.6. The first-order valence-corrected chi connectivity index (χ1v) is 13.7. The topological polar surface area (TPSA) is 80.3 Å². The highest BCUT2D eigenvalue weighted by molar-refractivity contribution is 6.94. The summed E-state index contributed by atoms with van der Waals surface area (Å²) in [6, 6.07) is 8.07. The van der Waals surface area contributed by atoms with Gasteiger partial charge < -0.3 is 23.5 Å². The molecule has 1 aliphatic rings. The lowest BCUT2D eigenvalue weighted by atomic mass is 9.85. The van der Waals surface area contributed by atoms with Crippen molar-refractivity contribution in [3.05, 3.63) is 36.0 Å². The molecule has 1 aromatic rings. The number of carbonyl (C=O) groups excluding carboxylic acids is 2. The summed E-state index contributed by atoms with van der Waals surface area (Å²) >= 11 is 0. The number of ether oxygens (including phenoxy) is 3. The van der Waals surface area contributed by atoms with Gasteiger partial charge in [0.2, 0.25) is 0 Å². The van der Waals surface area contributed by atoms with E-state index in [0.29, 0.717) is 6.32 Å². The first kappa shape index (κ1) is 25.2. The molecule has 2 atom stereocenters. The fourth-order valence-electron chi connectivity index (χ4n) is 3.16. The van der Waals surface area contributed by atoms with Gasteiger partial charge in [0.25, 0.3) is 0 Å². The van der Waals surface area contributed by atoms with Gasteiger partial charge in [0, 0.05) is 0 Å². The average molecular weight is 448 g/mol. The van der Waals surface area contributed by atoms with Gasteiger partial charge in [-0.2, -0.15) is 0 Å². The van der Waals surface area contributed by atoms with Crippen LogP contribution >= 0.6 is 0 Å². The molecular weight excluding hydrogens is 415 g/mol. The van der Waals surface area contributed by atoms with E-state index in [4.69, 9.17) is 23.5 Å². The Morgan fingerprint density at radius 1 is 1.00 bits per heavy atom. The summed E-state index contributed by atoms with van der Waals surface area (Å²) in [6.45, 7) is 11.4. The van der Waals surface area contributed by atoms with Crippen molar-refractivity contribution in [3.8, 4) is 5.75 Å². The summed E-state index contributed by atoms with van der Waals surface area (Å²) in [5, 5.41) is 1.26. The molecule has 0 N–H and O–H groups in total. The van der Waals surface area contributed by atoms with E-state index in [0.717, 1.165) is 5.75 Å². The van der Waals surface area contributed by atoms with Crippen molar-refractivity contribution in [1.82, 2.24) is 0 Å². The maximum atomic E-state index is 12.4. The van der Waals surface area contributed by atoms with Crippen molar-refractivity contribution < 1.29 is 33.1 Å². The van der Waals surface area contributed by atoms with Crippen LogP contribution in [0.4, 0.5) is 0 Å². The highest BCUT2D eigenvalue weighted by atomic mass is 28.3. The number of hydrogen-bond donors (Lipinski definition) is 0. The molecule has 0 unspecified atom stereocenters. The highest BCUT2D eigenvalue weighted by Crippen LogP contribution is 2.23. The lowest BCUT2D eigenvalue weighted by Gasteiger charge is -2.18. The fraction of sp³-hybridized carbons (Fsp3) is 0.545. The second-order valence-corrected chi connectivity index (χ2v) is 13.0. The van der Waals surface area contributed by atoms with Crippen LogP contribution in [0, 0.1) is 0 Å². The molecule has 0 radical (unpaired) electrons. The van der Waals surface area contributed by atoms with Gasteiger partial charge in [-0.05, 0) is 46.1 Å². The zero-order valence-electron chi connectivity index (χ0n) is 19.4. The molecule has 2 rings (SSSR count). The Bertz CT molecular complexity index is 747. The van der Waals surface area contributed by atoms with Gasteiger partial charge in [-0.15, -0.1) is 0 Å². The van der Waals surface area contributed by atoms with Crippen LogP contribution in [0.3, 0.4) is 0 Å². The molecule has 1 heterocycles. The largest absolute Gasteiger partial charge is 0.497 e. The maximum Gasteiger partial charge on any atom is 0.462 e. The SMILES string of the molecule is COc1ccc([Si](C)(C)/C=C/CB2O[C@@H](C(=O)OC(C)C)[C@H](C(=O)OC(C)C)O2)cc1. The molecule has 31 heavy (non-hydrogen) atoms. The van der Waals surface area contributed by atoms with E-state index in [-0.39, 0.29) is 12.2 Å².